The Balaban J connectivity index is 1.20. The molecule has 0 N–H and O–H groups in total. The molecule has 9 rings (SSSR count). The Hall–Kier alpha value is -5.06. The summed E-state index contributed by atoms with van der Waals surface area (Å²) in [7, 11) is -1.44. The van der Waals surface area contributed by atoms with Crippen LogP contribution in [-0.2, 0) is 5.41 Å². The van der Waals surface area contributed by atoms with Crippen molar-refractivity contribution in [2.75, 3.05) is 4.90 Å². The van der Waals surface area contributed by atoms with Crippen LogP contribution in [0.5, 0.6) is 0 Å². The number of ketones is 2. The molecular formula is C45H39NO2Si. The number of Topliss-reactive ketones (excluding diaryl/α,β-unsaturated/α-hetero) is 2. The molecule has 2 aliphatic carbocycles. The smallest absolute Gasteiger partial charge is 0.197 e. The lowest BCUT2D eigenvalue weighted by molar-refractivity contribution is 0.0990. The van der Waals surface area contributed by atoms with E-state index in [9.17, 15) is 9.59 Å². The Bertz CT molecular complexity index is 2330. The summed E-state index contributed by atoms with van der Waals surface area (Å²) >= 11 is 0. The molecule has 3 aliphatic rings. The van der Waals surface area contributed by atoms with Gasteiger partial charge in [0.25, 0.3) is 0 Å². The van der Waals surface area contributed by atoms with Crippen molar-refractivity contribution in [3.63, 3.8) is 0 Å². The number of anilines is 3. The predicted octanol–water partition coefficient (Wildman–Crippen LogP) is 11.0. The largest absolute Gasteiger partial charge is 0.310 e. The van der Waals surface area contributed by atoms with Gasteiger partial charge in [-0.15, -0.1) is 0 Å². The normalized spacial score (nSPS) is 16.6. The summed E-state index contributed by atoms with van der Waals surface area (Å²) in [6.45, 7) is 7.20. The van der Waals surface area contributed by atoms with Crippen LogP contribution in [0.3, 0.4) is 0 Å². The lowest BCUT2D eigenvalue weighted by Gasteiger charge is -2.48. The summed E-state index contributed by atoms with van der Waals surface area (Å²) in [6.07, 6.45) is 7.73. The quantitative estimate of drug-likeness (QED) is 0.108. The summed E-state index contributed by atoms with van der Waals surface area (Å²) < 4.78 is 0. The first-order chi connectivity index (χ1) is 23.7. The molecule has 1 heterocycles. The number of hydrogen-bond donors (Lipinski definition) is 0. The molecule has 240 valence electrons. The number of hydrogen-bond acceptors (Lipinski definition) is 3. The van der Waals surface area contributed by atoms with Gasteiger partial charge >= 0.3 is 0 Å². The number of para-hydroxylation sites is 1. The molecule has 6 aromatic carbocycles. The standard InChI is InChI=1S/C45H39NO2Si/c1-49(2,3)34-19-17-33(18-20-34)46-40-14-8-7-13-39(40)45(23-9-4-10-24-45)42-35-21-15-29(25-32(35)16-22-41(42)46)26-38-43(47)36-27-30-11-5-6-12-31(30)28-37(36)44(38)48/h5-8,11-22,25-28H,4,9-10,23-24H2,1-3H3. The Morgan fingerprint density at radius 2 is 1.29 bits per heavy atom. The van der Waals surface area contributed by atoms with Gasteiger partial charge in [0.2, 0.25) is 0 Å². The van der Waals surface area contributed by atoms with Crippen LogP contribution in [0.4, 0.5) is 17.1 Å². The van der Waals surface area contributed by atoms with Gasteiger partial charge in [0.1, 0.15) is 0 Å². The Morgan fingerprint density at radius 1 is 0.633 bits per heavy atom. The number of rotatable bonds is 3. The van der Waals surface area contributed by atoms with Gasteiger partial charge in [0.05, 0.1) is 25.0 Å². The maximum absolute atomic E-state index is 13.6. The van der Waals surface area contributed by atoms with E-state index in [4.69, 9.17) is 0 Å². The van der Waals surface area contributed by atoms with E-state index in [1.54, 1.807) is 6.08 Å². The average Bonchev–Trinajstić information content (AvgIpc) is 3.34. The fourth-order valence-corrected chi connectivity index (χ4v) is 9.99. The molecule has 0 saturated heterocycles. The number of benzene rings is 6. The molecule has 4 heteroatoms. The lowest BCUT2D eigenvalue weighted by Crippen LogP contribution is -2.38. The zero-order valence-corrected chi connectivity index (χ0v) is 29.3. The third-order valence-electron chi connectivity index (χ3n) is 11.3. The molecule has 1 saturated carbocycles. The zero-order chi connectivity index (χ0) is 33.5. The van der Waals surface area contributed by atoms with E-state index in [1.807, 2.05) is 36.4 Å². The first-order valence-corrected chi connectivity index (χ1v) is 21.1. The fraction of sp³-hybridized carbons (Fsp3) is 0.200. The summed E-state index contributed by atoms with van der Waals surface area (Å²) in [5.74, 6) is -0.380. The van der Waals surface area contributed by atoms with Crippen LogP contribution < -0.4 is 10.1 Å². The second-order valence-corrected chi connectivity index (χ2v) is 20.3. The topological polar surface area (TPSA) is 37.4 Å². The van der Waals surface area contributed by atoms with Crippen molar-refractivity contribution >= 4 is 69.5 Å². The molecule has 49 heavy (non-hydrogen) atoms. The monoisotopic (exact) mass is 653 g/mol. The molecule has 1 aliphatic heterocycles. The Kier molecular flexibility index (Phi) is 6.73. The minimum Gasteiger partial charge on any atom is -0.310 e. The molecule has 0 aromatic heterocycles. The second-order valence-electron chi connectivity index (χ2n) is 15.2. The lowest BCUT2D eigenvalue weighted by atomic mass is 9.61. The fourth-order valence-electron chi connectivity index (χ4n) is 8.82. The van der Waals surface area contributed by atoms with Gasteiger partial charge in [-0.2, -0.15) is 0 Å². The third kappa shape index (κ3) is 4.61. The minimum atomic E-state index is -1.44. The summed E-state index contributed by atoms with van der Waals surface area (Å²) in [5.41, 5.74) is 8.59. The number of carbonyl (C=O) groups is 2. The van der Waals surface area contributed by atoms with Gasteiger partial charge in [-0.1, -0.05) is 117 Å². The number of fused-ring (bicyclic) bond motifs is 8. The summed E-state index contributed by atoms with van der Waals surface area (Å²) in [5, 5.41) is 5.78. The summed E-state index contributed by atoms with van der Waals surface area (Å²) in [4.78, 5) is 29.6. The van der Waals surface area contributed by atoms with E-state index in [2.05, 4.69) is 103 Å². The van der Waals surface area contributed by atoms with E-state index in [1.165, 1.54) is 58.0 Å². The minimum absolute atomic E-state index is 0.0700. The van der Waals surface area contributed by atoms with E-state index in [0.717, 1.165) is 34.6 Å². The highest BCUT2D eigenvalue weighted by Gasteiger charge is 2.45. The first kappa shape index (κ1) is 30.0. The van der Waals surface area contributed by atoms with Crippen molar-refractivity contribution in [2.24, 2.45) is 0 Å². The van der Waals surface area contributed by atoms with Crippen molar-refractivity contribution in [3.8, 4) is 0 Å². The summed E-state index contributed by atoms with van der Waals surface area (Å²) in [6, 6.07) is 41.0. The Morgan fingerprint density at radius 3 is 1.96 bits per heavy atom. The highest BCUT2D eigenvalue weighted by atomic mass is 28.3. The van der Waals surface area contributed by atoms with Crippen molar-refractivity contribution in [2.45, 2.75) is 57.2 Å². The number of allylic oxidation sites excluding steroid dienone is 1. The van der Waals surface area contributed by atoms with Gasteiger partial charge < -0.3 is 4.90 Å². The van der Waals surface area contributed by atoms with Crippen LogP contribution in [0, 0.1) is 0 Å². The van der Waals surface area contributed by atoms with E-state index < -0.39 is 8.07 Å². The van der Waals surface area contributed by atoms with Crippen LogP contribution >= 0.6 is 0 Å². The van der Waals surface area contributed by atoms with Crippen LogP contribution in [0.25, 0.3) is 27.6 Å². The highest BCUT2D eigenvalue weighted by molar-refractivity contribution is 6.88. The van der Waals surface area contributed by atoms with Crippen LogP contribution in [0.2, 0.25) is 19.6 Å². The predicted molar refractivity (Wildman–Crippen MR) is 206 cm³/mol. The highest BCUT2D eigenvalue weighted by Crippen LogP contribution is 2.59. The molecule has 0 unspecified atom stereocenters. The van der Waals surface area contributed by atoms with Gasteiger partial charge in [0, 0.05) is 22.2 Å². The molecule has 0 amide bonds. The van der Waals surface area contributed by atoms with Gasteiger partial charge in [-0.05, 0) is 99.6 Å². The molecule has 3 nitrogen and oxygen atoms in total. The second kappa shape index (κ2) is 11.0. The average molecular weight is 654 g/mol. The van der Waals surface area contributed by atoms with E-state index in [-0.39, 0.29) is 22.6 Å². The number of nitrogens with zero attached hydrogens (tertiary/aromatic N) is 1. The first-order valence-electron chi connectivity index (χ1n) is 17.6. The Labute approximate surface area is 288 Å². The molecule has 0 radical (unpaired) electrons. The van der Waals surface area contributed by atoms with Crippen molar-refractivity contribution in [1.29, 1.82) is 0 Å². The van der Waals surface area contributed by atoms with Crippen LogP contribution in [0.1, 0.15) is 69.5 Å². The van der Waals surface area contributed by atoms with Gasteiger partial charge in [-0.25, -0.2) is 0 Å². The maximum Gasteiger partial charge on any atom is 0.197 e. The van der Waals surface area contributed by atoms with Crippen molar-refractivity contribution in [1.82, 2.24) is 0 Å². The van der Waals surface area contributed by atoms with Crippen molar-refractivity contribution in [3.05, 3.63) is 149 Å². The molecule has 0 bridgehead atoms. The maximum atomic E-state index is 13.6. The van der Waals surface area contributed by atoms with Gasteiger partial charge in [-0.3, -0.25) is 9.59 Å². The molecule has 0 atom stereocenters. The SMILES string of the molecule is C[Si](C)(C)c1ccc(N2c3ccccc3C3(CCCCC3)c3c2ccc2cc(C=C4C(=O)c5cc6ccccc6cc5C4=O)ccc32)cc1. The van der Waals surface area contributed by atoms with Crippen molar-refractivity contribution < 1.29 is 9.59 Å². The number of carbonyl (C=O) groups excluding carboxylic acids is 2. The molecule has 1 spiro atoms. The van der Waals surface area contributed by atoms with Gasteiger partial charge in [0.15, 0.2) is 11.6 Å². The van der Waals surface area contributed by atoms with Crippen LogP contribution in [-0.4, -0.2) is 19.6 Å². The molecule has 6 aromatic rings. The van der Waals surface area contributed by atoms with Crippen LogP contribution in [0.15, 0.2) is 121 Å². The molecule has 1 fully saturated rings. The third-order valence-corrected chi connectivity index (χ3v) is 13.3. The van der Waals surface area contributed by atoms with E-state index in [0.29, 0.717) is 11.1 Å². The van der Waals surface area contributed by atoms with E-state index >= 15 is 0 Å². The zero-order valence-electron chi connectivity index (χ0n) is 28.3. The molecular weight excluding hydrogens is 615 g/mol.